The number of amides is 1. The van der Waals surface area contributed by atoms with Crippen molar-refractivity contribution in [3.8, 4) is 0 Å². The molecule has 1 amide bonds. The molecule has 80 valence electrons. The van der Waals surface area contributed by atoms with Gasteiger partial charge in [-0.15, -0.1) is 11.8 Å². The van der Waals surface area contributed by atoms with E-state index in [0.717, 1.165) is 4.90 Å². The average Bonchev–Trinajstić information content (AvgIpc) is 2.18. The van der Waals surface area contributed by atoms with Crippen LogP contribution in [-0.4, -0.2) is 16.9 Å². The van der Waals surface area contributed by atoms with Gasteiger partial charge in [0.15, 0.2) is 5.78 Å². The molecular formula is C11H13NO2S. The molecule has 3 nitrogen and oxygen atoms in total. The zero-order valence-electron chi connectivity index (χ0n) is 8.69. The van der Waals surface area contributed by atoms with Gasteiger partial charge >= 0.3 is 0 Å². The molecule has 1 aromatic rings. The van der Waals surface area contributed by atoms with Crippen LogP contribution in [0.3, 0.4) is 0 Å². The Hall–Kier alpha value is -1.29. The highest BCUT2D eigenvalue weighted by molar-refractivity contribution is 8.00. The van der Waals surface area contributed by atoms with Gasteiger partial charge in [0.1, 0.15) is 0 Å². The second-order valence-corrected chi connectivity index (χ2v) is 4.66. The number of ketones is 1. The number of rotatable bonds is 4. The molecule has 0 bridgehead atoms. The fourth-order valence-electron chi connectivity index (χ4n) is 1.05. The lowest BCUT2D eigenvalue weighted by Gasteiger charge is -2.07. The Labute approximate surface area is 93.0 Å². The maximum absolute atomic E-state index is 11.1. The molecule has 1 rings (SSSR count). The summed E-state index contributed by atoms with van der Waals surface area (Å²) in [7, 11) is 0. The third kappa shape index (κ3) is 3.40. The van der Waals surface area contributed by atoms with Crippen LogP contribution < -0.4 is 5.73 Å². The lowest BCUT2D eigenvalue weighted by atomic mass is 10.2. The maximum Gasteiger partial charge on any atom is 0.230 e. The number of carbonyl (C=O) groups is 2. The topological polar surface area (TPSA) is 60.2 Å². The highest BCUT2D eigenvalue weighted by Gasteiger charge is 2.10. The number of carbonyl (C=O) groups excluding carboxylic acids is 2. The van der Waals surface area contributed by atoms with Gasteiger partial charge in [0.25, 0.3) is 0 Å². The summed E-state index contributed by atoms with van der Waals surface area (Å²) in [5.41, 5.74) is 5.80. The normalized spacial score (nSPS) is 12.1. The number of hydrogen-bond donors (Lipinski definition) is 1. The lowest BCUT2D eigenvalue weighted by molar-refractivity contribution is -0.117. The number of primary amides is 1. The Kier molecular flexibility index (Phi) is 3.91. The van der Waals surface area contributed by atoms with Crippen LogP contribution in [0.5, 0.6) is 0 Å². The summed E-state index contributed by atoms with van der Waals surface area (Å²) in [4.78, 5) is 22.9. The summed E-state index contributed by atoms with van der Waals surface area (Å²) in [6.07, 6.45) is 0. The highest BCUT2D eigenvalue weighted by Crippen LogP contribution is 2.23. The molecule has 0 aromatic heterocycles. The minimum absolute atomic E-state index is 0.0178. The molecule has 0 aliphatic heterocycles. The first-order valence-electron chi connectivity index (χ1n) is 4.57. The first-order valence-corrected chi connectivity index (χ1v) is 5.45. The van der Waals surface area contributed by atoms with Gasteiger partial charge in [-0.25, -0.2) is 0 Å². The fraction of sp³-hybridized carbons (Fsp3) is 0.273. The van der Waals surface area contributed by atoms with E-state index < -0.39 is 0 Å². The van der Waals surface area contributed by atoms with Crippen molar-refractivity contribution >= 4 is 23.5 Å². The van der Waals surface area contributed by atoms with Crippen molar-refractivity contribution in [3.05, 3.63) is 29.8 Å². The number of Topliss-reactive ketones (excluding diaryl/α,β-unsaturated/α-hetero) is 1. The van der Waals surface area contributed by atoms with E-state index >= 15 is 0 Å². The number of hydrogen-bond acceptors (Lipinski definition) is 3. The molecule has 1 unspecified atom stereocenters. The van der Waals surface area contributed by atoms with E-state index in [4.69, 9.17) is 5.73 Å². The van der Waals surface area contributed by atoms with Crippen molar-refractivity contribution in [1.29, 1.82) is 0 Å². The number of nitrogens with two attached hydrogens (primary N) is 1. The molecule has 1 aromatic carbocycles. The average molecular weight is 223 g/mol. The Morgan fingerprint density at radius 3 is 2.60 bits per heavy atom. The van der Waals surface area contributed by atoms with Crippen molar-refractivity contribution in [3.63, 3.8) is 0 Å². The van der Waals surface area contributed by atoms with E-state index in [1.807, 2.05) is 6.07 Å². The van der Waals surface area contributed by atoms with Crippen LogP contribution in [-0.2, 0) is 4.79 Å². The molecule has 15 heavy (non-hydrogen) atoms. The van der Waals surface area contributed by atoms with Crippen molar-refractivity contribution < 1.29 is 9.59 Å². The van der Waals surface area contributed by atoms with Crippen LogP contribution >= 0.6 is 11.8 Å². The lowest BCUT2D eigenvalue weighted by Crippen LogP contribution is -2.22. The predicted octanol–water partition coefficient (Wildman–Crippen LogP) is 1.86. The first-order chi connectivity index (χ1) is 7.00. The molecule has 0 fully saturated rings. The molecule has 0 aliphatic carbocycles. The Morgan fingerprint density at radius 1 is 1.40 bits per heavy atom. The van der Waals surface area contributed by atoms with Crippen LogP contribution in [0.15, 0.2) is 29.2 Å². The zero-order chi connectivity index (χ0) is 11.4. The summed E-state index contributed by atoms with van der Waals surface area (Å²) in [6, 6.07) is 7.18. The second kappa shape index (κ2) is 4.98. The standard InChI is InChI=1S/C11H13NO2S/c1-7(13)9-4-3-5-10(6-9)15-8(2)11(12)14/h3-6,8H,1-2H3,(H2,12,14). The second-order valence-electron chi connectivity index (χ2n) is 3.25. The van der Waals surface area contributed by atoms with Gasteiger partial charge in [0.05, 0.1) is 5.25 Å². The molecule has 4 heteroatoms. The summed E-state index contributed by atoms with van der Waals surface area (Å²) in [5.74, 6) is -0.336. The molecular weight excluding hydrogens is 210 g/mol. The molecule has 2 N–H and O–H groups in total. The van der Waals surface area contributed by atoms with Crippen LogP contribution in [0, 0.1) is 0 Å². The SMILES string of the molecule is CC(=O)c1cccc(SC(C)C(N)=O)c1. The largest absolute Gasteiger partial charge is 0.369 e. The van der Waals surface area contributed by atoms with Crippen LogP contribution in [0.2, 0.25) is 0 Å². The van der Waals surface area contributed by atoms with E-state index in [1.165, 1.54) is 18.7 Å². The molecule has 0 heterocycles. The predicted molar refractivity (Wildman–Crippen MR) is 61.0 cm³/mol. The van der Waals surface area contributed by atoms with E-state index in [2.05, 4.69) is 0 Å². The number of benzene rings is 1. The smallest absolute Gasteiger partial charge is 0.230 e. The van der Waals surface area contributed by atoms with Crippen LogP contribution in [0.25, 0.3) is 0 Å². The Morgan fingerprint density at radius 2 is 2.07 bits per heavy atom. The van der Waals surface area contributed by atoms with Gasteiger partial charge in [-0.05, 0) is 26.0 Å². The summed E-state index contributed by atoms with van der Waals surface area (Å²) in [5, 5.41) is -0.285. The van der Waals surface area contributed by atoms with Crippen LogP contribution in [0.4, 0.5) is 0 Å². The van der Waals surface area contributed by atoms with E-state index in [9.17, 15) is 9.59 Å². The van der Waals surface area contributed by atoms with E-state index in [1.54, 1.807) is 25.1 Å². The third-order valence-corrected chi connectivity index (χ3v) is 3.07. The van der Waals surface area contributed by atoms with E-state index in [0.29, 0.717) is 5.56 Å². The van der Waals surface area contributed by atoms with Crippen molar-refractivity contribution in [2.45, 2.75) is 24.0 Å². The Balaban J connectivity index is 2.82. The zero-order valence-corrected chi connectivity index (χ0v) is 9.51. The van der Waals surface area contributed by atoms with Gasteiger partial charge < -0.3 is 5.73 Å². The van der Waals surface area contributed by atoms with Crippen molar-refractivity contribution in [2.24, 2.45) is 5.73 Å². The third-order valence-electron chi connectivity index (χ3n) is 1.95. The molecule has 0 radical (unpaired) electrons. The van der Waals surface area contributed by atoms with Gasteiger partial charge in [-0.1, -0.05) is 12.1 Å². The Bertz CT molecular complexity index is 390. The van der Waals surface area contributed by atoms with Crippen LogP contribution in [0.1, 0.15) is 24.2 Å². The summed E-state index contributed by atoms with van der Waals surface area (Å²) >= 11 is 1.36. The quantitative estimate of drug-likeness (QED) is 0.626. The van der Waals surface area contributed by atoms with E-state index in [-0.39, 0.29) is 16.9 Å². The summed E-state index contributed by atoms with van der Waals surface area (Å²) in [6.45, 7) is 3.26. The molecule has 0 saturated carbocycles. The van der Waals surface area contributed by atoms with Crippen molar-refractivity contribution in [2.75, 3.05) is 0 Å². The first kappa shape index (κ1) is 11.8. The minimum atomic E-state index is -0.353. The van der Waals surface area contributed by atoms with Gasteiger partial charge in [-0.3, -0.25) is 9.59 Å². The van der Waals surface area contributed by atoms with Gasteiger partial charge in [0, 0.05) is 10.5 Å². The molecule has 0 aliphatic rings. The highest BCUT2D eigenvalue weighted by atomic mass is 32.2. The number of thioether (sulfide) groups is 1. The fourth-order valence-corrected chi connectivity index (χ4v) is 1.93. The molecule has 0 spiro atoms. The molecule has 1 atom stereocenters. The minimum Gasteiger partial charge on any atom is -0.369 e. The maximum atomic E-state index is 11.1. The van der Waals surface area contributed by atoms with Gasteiger partial charge in [-0.2, -0.15) is 0 Å². The summed E-state index contributed by atoms with van der Waals surface area (Å²) < 4.78 is 0. The van der Waals surface area contributed by atoms with Crippen molar-refractivity contribution in [1.82, 2.24) is 0 Å². The monoisotopic (exact) mass is 223 g/mol. The van der Waals surface area contributed by atoms with Gasteiger partial charge in [0.2, 0.25) is 5.91 Å². The molecule has 0 saturated heterocycles.